The SMILES string of the molecule is CCN=C=NC1(CCC(C)(C)C)N=N1. The molecule has 0 radical (unpaired) electrons. The fourth-order valence-electron chi connectivity index (χ4n) is 0.987. The Kier molecular flexibility index (Phi) is 3.17. The van der Waals surface area contributed by atoms with Crippen molar-refractivity contribution in [2.75, 3.05) is 6.54 Å². The summed E-state index contributed by atoms with van der Waals surface area (Å²) in [6, 6.07) is 2.64. The van der Waals surface area contributed by atoms with E-state index < -0.39 is 5.79 Å². The van der Waals surface area contributed by atoms with Crippen LogP contribution in [0, 0.1) is 5.41 Å². The summed E-state index contributed by atoms with van der Waals surface area (Å²) in [5.41, 5.74) is 0.304. The second kappa shape index (κ2) is 4.01. The molecule has 0 amide bonds. The average Bonchev–Trinajstić information content (AvgIpc) is 2.82. The third-order valence-electron chi connectivity index (χ3n) is 2.00. The topological polar surface area (TPSA) is 49.4 Å². The molecule has 1 aliphatic heterocycles. The van der Waals surface area contributed by atoms with Gasteiger partial charge in [-0.15, -0.1) is 10.2 Å². The van der Waals surface area contributed by atoms with Crippen LogP contribution in [0.15, 0.2) is 20.2 Å². The summed E-state index contributed by atoms with van der Waals surface area (Å²) in [6.45, 7) is 9.26. The van der Waals surface area contributed by atoms with E-state index in [9.17, 15) is 0 Å². The quantitative estimate of drug-likeness (QED) is 0.617. The van der Waals surface area contributed by atoms with E-state index in [0.717, 1.165) is 12.8 Å². The zero-order chi connectivity index (χ0) is 10.7. The summed E-state index contributed by atoms with van der Waals surface area (Å²) in [7, 11) is 0. The molecule has 0 N–H and O–H groups in total. The maximum Gasteiger partial charge on any atom is 0.290 e. The van der Waals surface area contributed by atoms with Crippen molar-refractivity contribution in [3.63, 3.8) is 0 Å². The van der Waals surface area contributed by atoms with Crippen LogP contribution in [0.3, 0.4) is 0 Å². The molecule has 4 heteroatoms. The lowest BCUT2D eigenvalue weighted by atomic mass is 9.89. The second-order valence-corrected chi connectivity index (χ2v) is 4.72. The largest absolute Gasteiger partial charge is 0.290 e. The summed E-state index contributed by atoms with van der Waals surface area (Å²) >= 11 is 0. The Bertz CT molecular complexity index is 273. The van der Waals surface area contributed by atoms with Crippen molar-refractivity contribution in [2.24, 2.45) is 25.6 Å². The molecule has 1 aliphatic rings. The van der Waals surface area contributed by atoms with E-state index >= 15 is 0 Å². The molecule has 0 saturated carbocycles. The highest BCUT2D eigenvalue weighted by molar-refractivity contribution is 5.42. The van der Waals surface area contributed by atoms with Crippen LogP contribution >= 0.6 is 0 Å². The first-order valence-electron chi connectivity index (χ1n) is 5.05. The Morgan fingerprint density at radius 1 is 1.29 bits per heavy atom. The molecule has 14 heavy (non-hydrogen) atoms. The number of hydrogen-bond acceptors (Lipinski definition) is 4. The van der Waals surface area contributed by atoms with Crippen LogP contribution in [0.2, 0.25) is 0 Å². The number of hydrogen-bond donors (Lipinski definition) is 0. The van der Waals surface area contributed by atoms with E-state index in [1.807, 2.05) is 6.92 Å². The van der Waals surface area contributed by atoms with Gasteiger partial charge >= 0.3 is 0 Å². The van der Waals surface area contributed by atoms with Gasteiger partial charge in [0.1, 0.15) is 0 Å². The normalized spacial score (nSPS) is 17.4. The Balaban J connectivity index is 2.41. The van der Waals surface area contributed by atoms with Crippen LogP contribution in [0.25, 0.3) is 0 Å². The third-order valence-corrected chi connectivity index (χ3v) is 2.00. The van der Waals surface area contributed by atoms with Gasteiger partial charge in [-0.2, -0.15) is 4.99 Å². The molecule has 0 fully saturated rings. The summed E-state index contributed by atoms with van der Waals surface area (Å²) < 4.78 is 0. The van der Waals surface area contributed by atoms with Crippen molar-refractivity contribution in [1.82, 2.24) is 0 Å². The molecule has 0 aromatic carbocycles. The zero-order valence-corrected chi connectivity index (χ0v) is 9.41. The van der Waals surface area contributed by atoms with Crippen LogP contribution in [-0.4, -0.2) is 18.3 Å². The van der Waals surface area contributed by atoms with Gasteiger partial charge in [0.25, 0.3) is 5.79 Å². The fourth-order valence-corrected chi connectivity index (χ4v) is 0.987. The molecule has 0 atom stereocenters. The summed E-state index contributed by atoms with van der Waals surface area (Å²) in [5.74, 6) is -0.522. The molecule has 4 nitrogen and oxygen atoms in total. The predicted molar refractivity (Wildman–Crippen MR) is 56.7 cm³/mol. The van der Waals surface area contributed by atoms with Crippen LogP contribution in [0.5, 0.6) is 0 Å². The van der Waals surface area contributed by atoms with Crippen molar-refractivity contribution < 1.29 is 0 Å². The molecule has 0 spiro atoms. The van der Waals surface area contributed by atoms with E-state index in [1.165, 1.54) is 0 Å². The van der Waals surface area contributed by atoms with Crippen LogP contribution in [-0.2, 0) is 0 Å². The maximum absolute atomic E-state index is 4.11. The van der Waals surface area contributed by atoms with Gasteiger partial charge in [-0.05, 0) is 18.8 Å². The monoisotopic (exact) mass is 194 g/mol. The predicted octanol–water partition coefficient (Wildman–Crippen LogP) is 3.13. The third kappa shape index (κ3) is 3.79. The first-order chi connectivity index (χ1) is 6.47. The molecule has 0 saturated heterocycles. The lowest BCUT2D eigenvalue weighted by Gasteiger charge is -2.18. The van der Waals surface area contributed by atoms with Gasteiger partial charge < -0.3 is 0 Å². The Labute approximate surface area is 85.3 Å². The molecule has 0 bridgehead atoms. The lowest BCUT2D eigenvalue weighted by Crippen LogP contribution is -2.13. The van der Waals surface area contributed by atoms with E-state index in [0.29, 0.717) is 12.0 Å². The van der Waals surface area contributed by atoms with Crippen LogP contribution < -0.4 is 0 Å². The van der Waals surface area contributed by atoms with E-state index in [-0.39, 0.29) is 0 Å². The summed E-state index contributed by atoms with van der Waals surface area (Å²) in [6.07, 6.45) is 1.92. The Hall–Kier alpha value is -1.02. The van der Waals surface area contributed by atoms with Gasteiger partial charge in [0, 0.05) is 13.0 Å². The van der Waals surface area contributed by atoms with Crippen molar-refractivity contribution in [3.05, 3.63) is 0 Å². The molecule has 78 valence electrons. The number of aliphatic imine (C=N–C) groups is 2. The first-order valence-corrected chi connectivity index (χ1v) is 5.05. The standard InChI is InChI=1S/C10H18N4/c1-5-11-8-12-10(13-14-10)7-6-9(2,3)4/h5-7H2,1-4H3. The van der Waals surface area contributed by atoms with E-state index in [4.69, 9.17) is 0 Å². The van der Waals surface area contributed by atoms with Gasteiger partial charge in [0.05, 0.1) is 6.01 Å². The number of nitrogens with zero attached hydrogens (tertiary/aromatic N) is 4. The van der Waals surface area contributed by atoms with Crippen molar-refractivity contribution in [2.45, 2.75) is 46.3 Å². The van der Waals surface area contributed by atoms with Gasteiger partial charge in [0.15, 0.2) is 0 Å². The first kappa shape index (κ1) is 11.1. The van der Waals surface area contributed by atoms with Crippen molar-refractivity contribution in [3.8, 4) is 0 Å². The molecule has 1 heterocycles. The molecular formula is C10H18N4. The molecule has 1 rings (SSSR count). The zero-order valence-electron chi connectivity index (χ0n) is 9.41. The van der Waals surface area contributed by atoms with Gasteiger partial charge in [-0.25, -0.2) is 4.99 Å². The highest BCUT2D eigenvalue weighted by atomic mass is 15.5. The highest BCUT2D eigenvalue weighted by Gasteiger charge is 2.40. The Morgan fingerprint density at radius 3 is 2.36 bits per heavy atom. The van der Waals surface area contributed by atoms with Gasteiger partial charge in [-0.3, -0.25) is 0 Å². The minimum Gasteiger partial charge on any atom is -0.226 e. The smallest absolute Gasteiger partial charge is 0.226 e. The summed E-state index contributed by atoms with van der Waals surface area (Å²) in [4.78, 5) is 8.01. The lowest BCUT2D eigenvalue weighted by molar-refractivity contribution is 0.338. The van der Waals surface area contributed by atoms with E-state index in [1.54, 1.807) is 0 Å². The maximum atomic E-state index is 4.11. The minimum absolute atomic E-state index is 0.304. The van der Waals surface area contributed by atoms with Crippen molar-refractivity contribution in [1.29, 1.82) is 0 Å². The van der Waals surface area contributed by atoms with Gasteiger partial charge in [0.2, 0.25) is 0 Å². The molecule has 0 aliphatic carbocycles. The molecule has 0 aromatic rings. The molecular weight excluding hydrogens is 176 g/mol. The number of rotatable bonds is 4. The van der Waals surface area contributed by atoms with E-state index in [2.05, 4.69) is 47.0 Å². The Morgan fingerprint density at radius 2 is 1.93 bits per heavy atom. The van der Waals surface area contributed by atoms with Crippen LogP contribution in [0.4, 0.5) is 0 Å². The fraction of sp³-hybridized carbons (Fsp3) is 0.900. The van der Waals surface area contributed by atoms with Crippen LogP contribution in [0.1, 0.15) is 40.5 Å². The molecule has 0 unspecified atom stereocenters. The minimum atomic E-state index is -0.522. The molecule has 0 aromatic heterocycles. The highest BCUT2D eigenvalue weighted by Crippen LogP contribution is 2.37. The second-order valence-electron chi connectivity index (χ2n) is 4.72. The summed E-state index contributed by atoms with van der Waals surface area (Å²) in [5, 5.41) is 7.89. The average molecular weight is 194 g/mol. The van der Waals surface area contributed by atoms with Gasteiger partial charge in [-0.1, -0.05) is 20.8 Å². The van der Waals surface area contributed by atoms with Crippen molar-refractivity contribution >= 4 is 6.01 Å².